The second-order valence-electron chi connectivity index (χ2n) is 4.53. The molecule has 1 unspecified atom stereocenters. The molecule has 2 N–H and O–H groups in total. The van der Waals surface area contributed by atoms with Crippen molar-refractivity contribution in [3.8, 4) is 5.75 Å². The van der Waals surface area contributed by atoms with Crippen molar-refractivity contribution in [2.75, 3.05) is 5.32 Å². The molecular weight excluding hydrogens is 267 g/mol. The second kappa shape index (κ2) is 5.45. The summed E-state index contributed by atoms with van der Waals surface area (Å²) in [7, 11) is 0. The summed E-state index contributed by atoms with van der Waals surface area (Å²) >= 11 is 0. The average Bonchev–Trinajstić information content (AvgIpc) is 2.39. The van der Waals surface area contributed by atoms with Gasteiger partial charge in [0.05, 0.1) is 5.56 Å². The van der Waals surface area contributed by atoms with E-state index in [9.17, 15) is 18.3 Å². The number of halogens is 3. The summed E-state index contributed by atoms with van der Waals surface area (Å²) in [6.45, 7) is 1.89. The largest absolute Gasteiger partial charge is 0.508 e. The topological polar surface area (TPSA) is 32.3 Å². The molecule has 2 nitrogen and oxygen atoms in total. The van der Waals surface area contributed by atoms with Crippen molar-refractivity contribution in [1.82, 2.24) is 0 Å². The number of hydrogen-bond donors (Lipinski definition) is 2. The van der Waals surface area contributed by atoms with Crippen LogP contribution in [0, 0.1) is 0 Å². The molecule has 0 saturated heterocycles. The lowest BCUT2D eigenvalue weighted by Crippen LogP contribution is -2.08. The van der Waals surface area contributed by atoms with Crippen LogP contribution in [0.5, 0.6) is 5.75 Å². The van der Waals surface area contributed by atoms with Crippen LogP contribution in [-0.2, 0) is 6.18 Å². The van der Waals surface area contributed by atoms with Crippen LogP contribution in [0.2, 0.25) is 0 Å². The molecule has 20 heavy (non-hydrogen) atoms. The normalized spacial score (nSPS) is 13.0. The molecule has 0 heterocycles. The van der Waals surface area contributed by atoms with E-state index in [0.29, 0.717) is 5.69 Å². The molecular formula is C15H14F3NO. The number of nitrogens with one attached hydrogen (secondary N) is 1. The molecule has 0 amide bonds. The third kappa shape index (κ3) is 3.44. The van der Waals surface area contributed by atoms with Crippen LogP contribution in [0.4, 0.5) is 18.9 Å². The van der Waals surface area contributed by atoms with E-state index in [2.05, 4.69) is 5.32 Å². The maximum absolute atomic E-state index is 12.4. The summed E-state index contributed by atoms with van der Waals surface area (Å²) in [6.07, 6.45) is -4.32. The third-order valence-corrected chi connectivity index (χ3v) is 2.99. The molecule has 2 aromatic carbocycles. The number of anilines is 1. The molecule has 0 aliphatic carbocycles. The van der Waals surface area contributed by atoms with Crippen LogP contribution < -0.4 is 5.32 Å². The number of aromatic hydroxyl groups is 1. The number of phenolic OH excluding ortho intramolecular Hbond substituents is 1. The second-order valence-corrected chi connectivity index (χ2v) is 4.53. The van der Waals surface area contributed by atoms with E-state index in [1.807, 2.05) is 6.92 Å². The summed E-state index contributed by atoms with van der Waals surface area (Å²) in [5.41, 5.74) is 0.876. The zero-order valence-electron chi connectivity index (χ0n) is 10.8. The van der Waals surface area contributed by atoms with Gasteiger partial charge in [-0.2, -0.15) is 13.2 Å². The van der Waals surface area contributed by atoms with E-state index >= 15 is 0 Å². The zero-order chi connectivity index (χ0) is 14.8. The fourth-order valence-electron chi connectivity index (χ4n) is 1.85. The smallest absolute Gasteiger partial charge is 0.416 e. The number of phenols is 1. The lowest BCUT2D eigenvalue weighted by Gasteiger charge is -2.16. The van der Waals surface area contributed by atoms with Crippen molar-refractivity contribution >= 4 is 5.69 Å². The van der Waals surface area contributed by atoms with Gasteiger partial charge in [-0.05, 0) is 48.9 Å². The molecule has 2 rings (SSSR count). The predicted octanol–water partition coefficient (Wildman–Crippen LogP) is 4.58. The maximum Gasteiger partial charge on any atom is 0.416 e. The number of benzene rings is 2. The van der Waals surface area contributed by atoms with Crippen molar-refractivity contribution in [3.05, 3.63) is 59.7 Å². The van der Waals surface area contributed by atoms with E-state index in [4.69, 9.17) is 0 Å². The third-order valence-electron chi connectivity index (χ3n) is 2.99. The highest BCUT2D eigenvalue weighted by Crippen LogP contribution is 2.30. The van der Waals surface area contributed by atoms with E-state index in [0.717, 1.165) is 17.7 Å². The first kappa shape index (κ1) is 14.2. The van der Waals surface area contributed by atoms with Gasteiger partial charge in [0.1, 0.15) is 5.75 Å². The van der Waals surface area contributed by atoms with Crippen LogP contribution in [0.25, 0.3) is 0 Å². The Morgan fingerprint density at radius 1 is 0.950 bits per heavy atom. The van der Waals surface area contributed by atoms with Crippen LogP contribution in [0.15, 0.2) is 48.5 Å². The SMILES string of the molecule is CC(Nc1ccc(C(F)(F)F)cc1)c1ccc(O)cc1. The Labute approximate surface area is 114 Å². The summed E-state index contributed by atoms with van der Waals surface area (Å²) < 4.78 is 37.3. The molecule has 1 atom stereocenters. The molecule has 0 aromatic heterocycles. The monoisotopic (exact) mass is 281 g/mol. The Morgan fingerprint density at radius 2 is 1.50 bits per heavy atom. The summed E-state index contributed by atoms with van der Waals surface area (Å²) in [5, 5.41) is 12.3. The molecule has 0 saturated carbocycles. The fourth-order valence-corrected chi connectivity index (χ4v) is 1.85. The Bertz CT molecular complexity index is 561. The van der Waals surface area contributed by atoms with Crippen molar-refractivity contribution in [1.29, 1.82) is 0 Å². The minimum absolute atomic E-state index is 0.0765. The lowest BCUT2D eigenvalue weighted by molar-refractivity contribution is -0.137. The molecule has 0 bridgehead atoms. The summed E-state index contributed by atoms with van der Waals surface area (Å²) in [4.78, 5) is 0. The van der Waals surface area contributed by atoms with Crippen molar-refractivity contribution < 1.29 is 18.3 Å². The van der Waals surface area contributed by atoms with Crippen LogP contribution in [-0.4, -0.2) is 5.11 Å². The van der Waals surface area contributed by atoms with Gasteiger partial charge >= 0.3 is 6.18 Å². The molecule has 0 aliphatic rings. The standard InChI is InChI=1S/C15H14F3NO/c1-10(11-2-8-14(20)9-3-11)19-13-6-4-12(5-7-13)15(16,17)18/h2-10,19-20H,1H3. The first-order valence-electron chi connectivity index (χ1n) is 6.09. The number of rotatable bonds is 3. The molecule has 0 radical (unpaired) electrons. The van der Waals surface area contributed by atoms with Gasteiger partial charge < -0.3 is 10.4 Å². The number of alkyl halides is 3. The summed E-state index contributed by atoms with van der Waals surface area (Å²) in [5.74, 6) is 0.176. The Balaban J connectivity index is 2.08. The first-order valence-corrected chi connectivity index (χ1v) is 6.09. The molecule has 0 fully saturated rings. The van der Waals surface area contributed by atoms with Gasteiger partial charge in [-0.15, -0.1) is 0 Å². The van der Waals surface area contributed by atoms with Gasteiger partial charge in [0.15, 0.2) is 0 Å². The first-order chi connectivity index (χ1) is 9.36. The molecule has 106 valence electrons. The maximum atomic E-state index is 12.4. The van der Waals surface area contributed by atoms with Gasteiger partial charge in [0.2, 0.25) is 0 Å². The minimum atomic E-state index is -4.32. The highest BCUT2D eigenvalue weighted by Gasteiger charge is 2.29. The highest BCUT2D eigenvalue weighted by molar-refractivity contribution is 5.47. The van der Waals surface area contributed by atoms with Crippen LogP contribution in [0.3, 0.4) is 0 Å². The quantitative estimate of drug-likeness (QED) is 0.862. The Hall–Kier alpha value is -2.17. The molecule has 5 heteroatoms. The minimum Gasteiger partial charge on any atom is -0.508 e. The average molecular weight is 281 g/mol. The van der Waals surface area contributed by atoms with E-state index < -0.39 is 11.7 Å². The van der Waals surface area contributed by atoms with E-state index in [-0.39, 0.29) is 11.8 Å². The summed E-state index contributed by atoms with van der Waals surface area (Å²) in [6, 6.07) is 11.5. The van der Waals surface area contributed by atoms with E-state index in [1.54, 1.807) is 24.3 Å². The van der Waals surface area contributed by atoms with E-state index in [1.165, 1.54) is 12.1 Å². The van der Waals surface area contributed by atoms with Crippen molar-refractivity contribution in [2.24, 2.45) is 0 Å². The fraction of sp³-hybridized carbons (Fsp3) is 0.200. The number of hydrogen-bond acceptors (Lipinski definition) is 2. The molecule has 0 spiro atoms. The zero-order valence-corrected chi connectivity index (χ0v) is 10.8. The van der Waals surface area contributed by atoms with Gasteiger partial charge in [-0.1, -0.05) is 12.1 Å². The van der Waals surface area contributed by atoms with Crippen LogP contribution >= 0.6 is 0 Å². The van der Waals surface area contributed by atoms with Crippen LogP contribution in [0.1, 0.15) is 24.1 Å². The van der Waals surface area contributed by atoms with Gasteiger partial charge in [0.25, 0.3) is 0 Å². The Kier molecular flexibility index (Phi) is 3.88. The Morgan fingerprint density at radius 3 is 2.00 bits per heavy atom. The van der Waals surface area contributed by atoms with Crippen molar-refractivity contribution in [3.63, 3.8) is 0 Å². The predicted molar refractivity (Wildman–Crippen MR) is 71.6 cm³/mol. The highest BCUT2D eigenvalue weighted by atomic mass is 19.4. The van der Waals surface area contributed by atoms with Gasteiger partial charge in [-0.3, -0.25) is 0 Å². The van der Waals surface area contributed by atoms with Gasteiger partial charge in [-0.25, -0.2) is 0 Å². The molecule has 0 aliphatic heterocycles. The van der Waals surface area contributed by atoms with Crippen molar-refractivity contribution in [2.45, 2.75) is 19.1 Å². The lowest BCUT2D eigenvalue weighted by atomic mass is 10.1. The van der Waals surface area contributed by atoms with Gasteiger partial charge in [0, 0.05) is 11.7 Å². The molecule has 2 aromatic rings.